The fourth-order valence-electron chi connectivity index (χ4n) is 4.09. The number of Topliss-reactive ketones (excluding diaryl/α,β-unsaturated/α-hetero) is 1. The second-order valence-corrected chi connectivity index (χ2v) is 8.29. The molecule has 1 aromatic carbocycles. The number of rotatable bonds is 4. The fraction of sp³-hybridized carbons (Fsp3) is 0.364. The van der Waals surface area contributed by atoms with Crippen LogP contribution in [0.25, 0.3) is 5.57 Å². The molecule has 2 aromatic rings. The molecule has 0 fully saturated rings. The highest BCUT2D eigenvalue weighted by molar-refractivity contribution is 6.54. The van der Waals surface area contributed by atoms with Crippen LogP contribution in [-0.4, -0.2) is 38.6 Å². The van der Waals surface area contributed by atoms with Crippen LogP contribution in [0.2, 0.25) is 0 Å². The fourth-order valence-corrected chi connectivity index (χ4v) is 4.09. The second-order valence-electron chi connectivity index (χ2n) is 8.29. The second kappa shape index (κ2) is 6.86. The molecule has 0 amide bonds. The van der Waals surface area contributed by atoms with Gasteiger partial charge in [-0.25, -0.2) is 9.78 Å². The number of ketones is 1. The summed E-state index contributed by atoms with van der Waals surface area (Å²) in [5.74, 6) is -1.18. The number of carboxylic acids is 1. The van der Waals surface area contributed by atoms with E-state index >= 15 is 0 Å². The van der Waals surface area contributed by atoms with Crippen LogP contribution in [0.5, 0.6) is 0 Å². The summed E-state index contributed by atoms with van der Waals surface area (Å²) in [6, 6.07) is 6.66. The molecule has 4 rings (SSSR count). The minimum Gasteiger partial charge on any atom is -0.480 e. The molecule has 0 aliphatic heterocycles. The van der Waals surface area contributed by atoms with Crippen molar-refractivity contribution in [1.29, 1.82) is 0 Å². The number of aliphatic imine (C=N–C) groups is 1. The molecule has 144 valence electrons. The van der Waals surface area contributed by atoms with Crippen molar-refractivity contribution in [1.82, 2.24) is 9.97 Å². The van der Waals surface area contributed by atoms with Crippen LogP contribution in [-0.2, 0) is 16.0 Å². The van der Waals surface area contributed by atoms with Crippen LogP contribution in [0, 0.1) is 5.41 Å². The number of allylic oxidation sites excluding steroid dienone is 2. The number of aromatic amines is 1. The molecule has 2 aliphatic carbocycles. The number of aromatic nitrogens is 2. The topological polar surface area (TPSA) is 95.4 Å². The Hall–Kier alpha value is -3.02. The number of H-pyrrole nitrogens is 1. The lowest BCUT2D eigenvalue weighted by atomic mass is 9.68. The number of nitrogens with one attached hydrogen (secondary N) is 1. The molecule has 1 aromatic heterocycles. The van der Waals surface area contributed by atoms with E-state index in [-0.39, 0.29) is 23.3 Å². The standard InChI is InChI=1S/C22H23N3O3/c1-22(2)8-7-16-17(10-22)14-5-3-4-6-15(14)19(20(16)26)25-18(21(27)28)9-13-11-23-12-24-13/h3-6,11-12,18H,7-10H2,1-2H3,(H,23,24)(H,27,28)/t18-/m0/s1. The Balaban J connectivity index is 1.80. The van der Waals surface area contributed by atoms with E-state index in [1.54, 1.807) is 6.20 Å². The Morgan fingerprint density at radius 1 is 1.29 bits per heavy atom. The van der Waals surface area contributed by atoms with Gasteiger partial charge in [-0.05, 0) is 35.8 Å². The summed E-state index contributed by atoms with van der Waals surface area (Å²) in [7, 11) is 0. The molecule has 0 saturated carbocycles. The molecule has 28 heavy (non-hydrogen) atoms. The average Bonchev–Trinajstić information content (AvgIpc) is 3.16. The molecule has 1 heterocycles. The highest BCUT2D eigenvalue weighted by atomic mass is 16.4. The third-order valence-electron chi connectivity index (χ3n) is 5.61. The maximum atomic E-state index is 13.3. The summed E-state index contributed by atoms with van der Waals surface area (Å²) in [6.07, 6.45) is 5.72. The Labute approximate surface area is 163 Å². The lowest BCUT2D eigenvalue weighted by molar-refractivity contribution is -0.138. The Bertz CT molecular complexity index is 1000. The SMILES string of the molecule is CC1(C)CCC2=C(C1)c1ccccc1C(=N[C@@H](Cc1cnc[nH]1)C(=O)O)C2=O. The molecular weight excluding hydrogens is 354 g/mol. The number of carbonyl (C=O) groups excluding carboxylic acids is 1. The van der Waals surface area contributed by atoms with Crippen molar-refractivity contribution in [2.75, 3.05) is 0 Å². The highest BCUT2D eigenvalue weighted by Crippen LogP contribution is 2.46. The first-order valence-corrected chi connectivity index (χ1v) is 9.50. The van der Waals surface area contributed by atoms with Crippen LogP contribution in [0.1, 0.15) is 49.9 Å². The molecule has 1 atom stereocenters. The Morgan fingerprint density at radius 2 is 2.04 bits per heavy atom. The van der Waals surface area contributed by atoms with Gasteiger partial charge in [0.05, 0.1) is 6.33 Å². The highest BCUT2D eigenvalue weighted by Gasteiger charge is 2.37. The van der Waals surface area contributed by atoms with Crippen LogP contribution in [0.3, 0.4) is 0 Å². The van der Waals surface area contributed by atoms with E-state index in [0.29, 0.717) is 12.1 Å². The number of nitrogens with zero attached hydrogens (tertiary/aromatic N) is 2. The van der Waals surface area contributed by atoms with Crippen LogP contribution >= 0.6 is 0 Å². The van der Waals surface area contributed by atoms with Crippen molar-refractivity contribution in [3.63, 3.8) is 0 Å². The zero-order valence-electron chi connectivity index (χ0n) is 16.0. The Morgan fingerprint density at radius 3 is 2.71 bits per heavy atom. The lowest BCUT2D eigenvalue weighted by Crippen LogP contribution is -2.33. The van der Waals surface area contributed by atoms with Gasteiger partial charge in [-0.3, -0.25) is 9.79 Å². The maximum Gasteiger partial charge on any atom is 0.328 e. The molecule has 6 nitrogen and oxygen atoms in total. The van der Waals surface area contributed by atoms with Crippen molar-refractivity contribution in [2.45, 2.75) is 45.6 Å². The van der Waals surface area contributed by atoms with Gasteiger partial charge in [0, 0.05) is 29.4 Å². The van der Waals surface area contributed by atoms with Gasteiger partial charge in [0.2, 0.25) is 5.78 Å². The van der Waals surface area contributed by atoms with Gasteiger partial charge < -0.3 is 10.1 Å². The maximum absolute atomic E-state index is 13.3. The van der Waals surface area contributed by atoms with E-state index in [1.807, 2.05) is 24.3 Å². The quantitative estimate of drug-likeness (QED) is 0.853. The van der Waals surface area contributed by atoms with E-state index in [0.717, 1.165) is 35.1 Å². The zero-order valence-corrected chi connectivity index (χ0v) is 16.0. The first-order chi connectivity index (χ1) is 13.4. The summed E-state index contributed by atoms with van der Waals surface area (Å²) >= 11 is 0. The largest absolute Gasteiger partial charge is 0.480 e. The van der Waals surface area contributed by atoms with Gasteiger partial charge in [-0.2, -0.15) is 0 Å². The number of benzene rings is 1. The van der Waals surface area contributed by atoms with Gasteiger partial charge >= 0.3 is 5.97 Å². The molecule has 2 aliphatic rings. The van der Waals surface area contributed by atoms with Gasteiger partial charge in [0.1, 0.15) is 5.71 Å². The van der Waals surface area contributed by atoms with Crippen LogP contribution in [0.15, 0.2) is 47.4 Å². The smallest absolute Gasteiger partial charge is 0.328 e. The Kier molecular flexibility index (Phi) is 4.49. The predicted octanol–water partition coefficient (Wildman–Crippen LogP) is 3.44. The van der Waals surface area contributed by atoms with Crippen molar-refractivity contribution in [2.24, 2.45) is 10.4 Å². The number of fused-ring (bicyclic) bond motifs is 2. The monoisotopic (exact) mass is 377 g/mol. The van der Waals surface area contributed by atoms with Gasteiger partial charge in [-0.1, -0.05) is 38.1 Å². The van der Waals surface area contributed by atoms with E-state index < -0.39 is 12.0 Å². The average molecular weight is 377 g/mol. The number of hydrogen-bond acceptors (Lipinski definition) is 4. The van der Waals surface area contributed by atoms with Crippen LogP contribution in [0.4, 0.5) is 0 Å². The number of aliphatic carboxylic acids is 1. The zero-order chi connectivity index (χ0) is 19.9. The summed E-state index contributed by atoms with van der Waals surface area (Å²) in [5, 5.41) is 9.67. The minimum atomic E-state index is -1.06. The molecule has 0 saturated heterocycles. The molecule has 0 spiro atoms. The van der Waals surface area contributed by atoms with E-state index in [9.17, 15) is 14.7 Å². The first kappa shape index (κ1) is 18.3. The number of carbonyl (C=O) groups is 2. The lowest BCUT2D eigenvalue weighted by Gasteiger charge is -2.36. The summed E-state index contributed by atoms with van der Waals surface area (Å²) < 4.78 is 0. The van der Waals surface area contributed by atoms with Gasteiger partial charge in [-0.15, -0.1) is 0 Å². The third kappa shape index (κ3) is 3.30. The minimum absolute atomic E-state index is 0.125. The first-order valence-electron chi connectivity index (χ1n) is 9.50. The molecule has 2 N–H and O–H groups in total. The van der Waals surface area contributed by atoms with Crippen LogP contribution < -0.4 is 0 Å². The third-order valence-corrected chi connectivity index (χ3v) is 5.61. The van der Waals surface area contributed by atoms with E-state index in [4.69, 9.17) is 0 Å². The number of imidazole rings is 1. The molecule has 0 radical (unpaired) electrons. The summed E-state index contributed by atoms with van der Waals surface area (Å²) in [4.78, 5) is 36.4. The molecule has 0 unspecified atom stereocenters. The van der Waals surface area contributed by atoms with Crippen molar-refractivity contribution in [3.8, 4) is 0 Å². The van der Waals surface area contributed by atoms with E-state index in [1.165, 1.54) is 6.33 Å². The summed E-state index contributed by atoms with van der Waals surface area (Å²) in [6.45, 7) is 4.44. The van der Waals surface area contributed by atoms with E-state index in [2.05, 4.69) is 28.8 Å². The summed E-state index contributed by atoms with van der Waals surface area (Å²) in [5.41, 5.74) is 4.71. The van der Waals surface area contributed by atoms with Crippen molar-refractivity contribution >= 4 is 23.0 Å². The van der Waals surface area contributed by atoms with Crippen molar-refractivity contribution < 1.29 is 14.7 Å². The number of hydrogen-bond donors (Lipinski definition) is 2. The van der Waals surface area contributed by atoms with Gasteiger partial charge in [0.25, 0.3) is 0 Å². The molecule has 0 bridgehead atoms. The normalized spacial score (nSPS) is 20.6. The predicted molar refractivity (Wildman–Crippen MR) is 106 cm³/mol. The number of carboxylic acid groups (broad SMARTS) is 1. The molecule has 6 heteroatoms. The van der Waals surface area contributed by atoms with Crippen molar-refractivity contribution in [3.05, 3.63) is 59.2 Å². The van der Waals surface area contributed by atoms with Gasteiger partial charge in [0.15, 0.2) is 6.04 Å². The molecular formula is C22H23N3O3.